The molecule has 1 amide bonds. The molecule has 0 unspecified atom stereocenters. The summed E-state index contributed by atoms with van der Waals surface area (Å²) in [4.78, 5) is 12.5. The van der Waals surface area contributed by atoms with E-state index >= 15 is 0 Å². The predicted octanol–water partition coefficient (Wildman–Crippen LogP) is 4.56. The van der Waals surface area contributed by atoms with Crippen LogP contribution in [0.1, 0.15) is 5.56 Å². The molecule has 0 heterocycles. The number of carbonyl (C=O) groups excluding carboxylic acids is 1. The highest BCUT2D eigenvalue weighted by atomic mass is 35.5. The minimum Gasteiger partial charge on any atom is -0.271 e. The van der Waals surface area contributed by atoms with Gasteiger partial charge in [0.25, 0.3) is 5.91 Å². The molecule has 4 aromatic carbocycles. The molecule has 0 fully saturated rings. The Labute approximate surface area is 191 Å². The van der Waals surface area contributed by atoms with Gasteiger partial charge in [-0.2, -0.15) is 5.10 Å². The van der Waals surface area contributed by atoms with Crippen molar-refractivity contribution in [3.8, 4) is 0 Å². The van der Waals surface area contributed by atoms with Crippen molar-refractivity contribution >= 4 is 61.0 Å². The first-order valence-electron chi connectivity index (χ1n) is 9.78. The van der Waals surface area contributed by atoms with Crippen molar-refractivity contribution in [2.75, 3.05) is 17.1 Å². The minimum absolute atomic E-state index is 0.305. The number of fused-ring (bicyclic) bond motifs is 2. The predicted molar refractivity (Wildman–Crippen MR) is 131 cm³/mol. The van der Waals surface area contributed by atoms with Crippen LogP contribution in [0.4, 0.5) is 5.69 Å². The lowest BCUT2D eigenvalue weighted by Gasteiger charge is -2.21. The fourth-order valence-corrected chi connectivity index (χ4v) is 4.59. The summed E-state index contributed by atoms with van der Waals surface area (Å²) in [6.07, 6.45) is 2.62. The number of halogens is 1. The molecule has 4 rings (SSSR count). The van der Waals surface area contributed by atoms with E-state index in [1.165, 1.54) is 6.07 Å². The maximum absolute atomic E-state index is 12.5. The van der Waals surface area contributed by atoms with E-state index in [1.54, 1.807) is 24.4 Å². The van der Waals surface area contributed by atoms with Crippen LogP contribution in [0.2, 0.25) is 5.02 Å². The first-order valence-corrected chi connectivity index (χ1v) is 12.0. The highest BCUT2D eigenvalue weighted by molar-refractivity contribution is 7.92. The number of rotatable bonds is 6. The zero-order valence-corrected chi connectivity index (χ0v) is 18.8. The fraction of sp³-hybridized carbons (Fsp3) is 0.0833. The molecule has 162 valence electrons. The maximum atomic E-state index is 12.5. The van der Waals surface area contributed by atoms with E-state index in [0.29, 0.717) is 10.7 Å². The van der Waals surface area contributed by atoms with Crippen molar-refractivity contribution in [1.82, 2.24) is 5.43 Å². The second-order valence-electron chi connectivity index (χ2n) is 7.28. The van der Waals surface area contributed by atoms with Crippen LogP contribution in [0.5, 0.6) is 0 Å². The molecule has 0 aliphatic carbocycles. The van der Waals surface area contributed by atoms with Gasteiger partial charge in [-0.3, -0.25) is 9.10 Å². The topological polar surface area (TPSA) is 78.8 Å². The number of sulfonamides is 1. The summed E-state index contributed by atoms with van der Waals surface area (Å²) in [6.45, 7) is -0.424. The maximum Gasteiger partial charge on any atom is 0.260 e. The summed E-state index contributed by atoms with van der Waals surface area (Å²) in [6, 6.07) is 24.3. The molecule has 8 heteroatoms. The average Bonchev–Trinajstić information content (AvgIpc) is 2.76. The molecule has 0 atom stereocenters. The molecule has 0 radical (unpaired) electrons. The number of hydrogen-bond acceptors (Lipinski definition) is 4. The lowest BCUT2D eigenvalue weighted by atomic mass is 9.97. The van der Waals surface area contributed by atoms with Crippen LogP contribution >= 0.6 is 11.6 Å². The molecule has 6 nitrogen and oxygen atoms in total. The molecule has 0 bridgehead atoms. The standard InChI is InChI=1S/C24H20ClN3O3S/c1-32(30,31)28(20-10-6-9-19(25)14-20)16-24(29)27-26-15-23-21-11-4-2-7-17(21)13-18-8-3-5-12-22(18)23/h2-15H,16H2,1H3,(H,27,29)/b26-15-. The van der Waals surface area contributed by atoms with Gasteiger partial charge in [-0.05, 0) is 45.8 Å². The van der Waals surface area contributed by atoms with Crippen LogP contribution in [0.25, 0.3) is 21.5 Å². The first kappa shape index (κ1) is 21.8. The molecule has 0 saturated carbocycles. The van der Waals surface area contributed by atoms with Crippen molar-refractivity contribution in [3.63, 3.8) is 0 Å². The van der Waals surface area contributed by atoms with Crippen LogP contribution < -0.4 is 9.73 Å². The second-order valence-corrected chi connectivity index (χ2v) is 9.62. The molecular weight excluding hydrogens is 446 g/mol. The van der Waals surface area contributed by atoms with E-state index in [1.807, 2.05) is 48.5 Å². The third-order valence-corrected chi connectivity index (χ3v) is 6.36. The minimum atomic E-state index is -3.70. The molecule has 0 saturated heterocycles. The van der Waals surface area contributed by atoms with Crippen molar-refractivity contribution in [1.29, 1.82) is 0 Å². The van der Waals surface area contributed by atoms with E-state index in [0.717, 1.165) is 37.7 Å². The van der Waals surface area contributed by atoms with E-state index in [4.69, 9.17) is 11.6 Å². The van der Waals surface area contributed by atoms with Gasteiger partial charge in [-0.25, -0.2) is 13.8 Å². The monoisotopic (exact) mass is 465 g/mol. The summed E-state index contributed by atoms with van der Waals surface area (Å²) in [5.41, 5.74) is 3.61. The largest absolute Gasteiger partial charge is 0.271 e. The van der Waals surface area contributed by atoms with Gasteiger partial charge >= 0.3 is 0 Å². The molecule has 1 N–H and O–H groups in total. The van der Waals surface area contributed by atoms with E-state index < -0.39 is 22.5 Å². The van der Waals surface area contributed by atoms with E-state index in [2.05, 4.69) is 16.6 Å². The number of amides is 1. The Kier molecular flexibility index (Phi) is 6.12. The average molecular weight is 466 g/mol. The van der Waals surface area contributed by atoms with E-state index in [-0.39, 0.29) is 0 Å². The van der Waals surface area contributed by atoms with Crippen LogP contribution in [-0.4, -0.2) is 33.3 Å². The van der Waals surface area contributed by atoms with Gasteiger partial charge in [0.1, 0.15) is 6.54 Å². The Morgan fingerprint density at radius 3 is 2.19 bits per heavy atom. The Balaban J connectivity index is 1.60. The molecule has 0 aliphatic heterocycles. The number of hydrazone groups is 1. The van der Waals surface area contributed by atoms with Crippen molar-refractivity contribution in [2.45, 2.75) is 0 Å². The SMILES string of the molecule is CS(=O)(=O)N(CC(=O)N/N=C\c1c2ccccc2cc2ccccc12)c1cccc(Cl)c1. The van der Waals surface area contributed by atoms with E-state index in [9.17, 15) is 13.2 Å². The summed E-state index contributed by atoms with van der Waals surface area (Å²) < 4.78 is 25.4. The molecule has 0 aliphatic rings. The van der Waals surface area contributed by atoms with Gasteiger partial charge in [0, 0.05) is 10.6 Å². The lowest BCUT2D eigenvalue weighted by molar-refractivity contribution is -0.119. The normalized spacial score (nSPS) is 11.8. The zero-order valence-electron chi connectivity index (χ0n) is 17.2. The van der Waals surface area contributed by atoms with Crippen LogP contribution in [0, 0.1) is 0 Å². The van der Waals surface area contributed by atoms with Crippen molar-refractivity contribution in [3.05, 3.63) is 89.4 Å². The Bertz CT molecular complexity index is 1400. The molecule has 32 heavy (non-hydrogen) atoms. The Morgan fingerprint density at radius 1 is 0.969 bits per heavy atom. The molecular formula is C24H20ClN3O3S. The van der Waals surface area contributed by atoms with Gasteiger partial charge in [-0.15, -0.1) is 0 Å². The number of nitrogens with one attached hydrogen (secondary N) is 1. The highest BCUT2D eigenvalue weighted by Crippen LogP contribution is 2.27. The zero-order chi connectivity index (χ0) is 22.7. The number of carbonyl (C=O) groups is 1. The van der Waals surface area contributed by atoms with Crippen LogP contribution in [0.3, 0.4) is 0 Å². The van der Waals surface area contributed by atoms with Crippen molar-refractivity contribution < 1.29 is 13.2 Å². The Hall–Kier alpha value is -3.42. The van der Waals surface area contributed by atoms with Gasteiger partial charge in [0.2, 0.25) is 10.0 Å². The lowest BCUT2D eigenvalue weighted by Crippen LogP contribution is -2.39. The Morgan fingerprint density at radius 2 is 1.59 bits per heavy atom. The fourth-order valence-electron chi connectivity index (χ4n) is 3.55. The molecule has 0 aromatic heterocycles. The number of nitrogens with zero attached hydrogens (tertiary/aromatic N) is 2. The van der Waals surface area contributed by atoms with Gasteiger partial charge < -0.3 is 0 Å². The molecule has 0 spiro atoms. The number of benzene rings is 4. The summed E-state index contributed by atoms with van der Waals surface area (Å²) in [5.74, 6) is -0.573. The first-order chi connectivity index (χ1) is 15.3. The second kappa shape index (κ2) is 8.98. The smallest absolute Gasteiger partial charge is 0.260 e. The summed E-state index contributed by atoms with van der Waals surface area (Å²) >= 11 is 5.98. The summed E-state index contributed by atoms with van der Waals surface area (Å²) in [5, 5.41) is 8.61. The molecule has 4 aromatic rings. The number of hydrogen-bond donors (Lipinski definition) is 1. The van der Waals surface area contributed by atoms with Crippen LogP contribution in [-0.2, 0) is 14.8 Å². The van der Waals surface area contributed by atoms with Gasteiger partial charge in [-0.1, -0.05) is 66.2 Å². The van der Waals surface area contributed by atoms with Gasteiger partial charge in [0.15, 0.2) is 0 Å². The third kappa shape index (κ3) is 4.74. The quantitative estimate of drug-likeness (QED) is 0.257. The van der Waals surface area contributed by atoms with Crippen LogP contribution in [0.15, 0.2) is 84.0 Å². The van der Waals surface area contributed by atoms with Crippen molar-refractivity contribution in [2.24, 2.45) is 5.10 Å². The summed E-state index contributed by atoms with van der Waals surface area (Å²) in [7, 11) is -3.70. The third-order valence-electron chi connectivity index (χ3n) is 4.98. The number of anilines is 1. The van der Waals surface area contributed by atoms with Gasteiger partial charge in [0.05, 0.1) is 18.2 Å². The highest BCUT2D eigenvalue weighted by Gasteiger charge is 2.21.